The van der Waals surface area contributed by atoms with E-state index < -0.39 is 11.5 Å². The maximum Gasteiger partial charge on any atom is 0.258 e. The molecule has 0 spiro atoms. The highest BCUT2D eigenvalue weighted by molar-refractivity contribution is 6.03. The van der Waals surface area contributed by atoms with Gasteiger partial charge in [0.2, 0.25) is 11.6 Å². The van der Waals surface area contributed by atoms with E-state index in [1.54, 1.807) is 30.5 Å². The van der Waals surface area contributed by atoms with Crippen LogP contribution in [0.1, 0.15) is 10.4 Å². The number of anilines is 1. The molecule has 0 radical (unpaired) electrons. The van der Waals surface area contributed by atoms with Crippen molar-refractivity contribution in [1.82, 2.24) is 24.6 Å². The predicted molar refractivity (Wildman–Crippen MR) is 83.5 cm³/mol. The fraction of sp³-hybridized carbons (Fsp3) is 0. The fourth-order valence-corrected chi connectivity index (χ4v) is 2.18. The number of aromatic amines is 1. The van der Waals surface area contributed by atoms with Crippen LogP contribution in [0.4, 0.5) is 5.82 Å². The molecule has 0 unspecified atom stereocenters. The molecular weight excluding hydrogens is 312 g/mol. The number of carbonyl (C=O) groups excluding carboxylic acids is 1. The normalized spacial score (nSPS) is 10.8. The summed E-state index contributed by atoms with van der Waals surface area (Å²) in [7, 11) is 0. The number of fused-ring (bicyclic) bond motifs is 1. The maximum absolute atomic E-state index is 12.3. The first-order chi connectivity index (χ1) is 11.7. The summed E-state index contributed by atoms with van der Waals surface area (Å²) in [6.07, 6.45) is 4.49. The van der Waals surface area contributed by atoms with E-state index in [1.165, 1.54) is 23.0 Å². The minimum absolute atomic E-state index is 0.188. The second kappa shape index (κ2) is 5.47. The summed E-state index contributed by atoms with van der Waals surface area (Å²) >= 11 is 0. The number of rotatable bonds is 3. The summed E-state index contributed by atoms with van der Waals surface area (Å²) < 4.78 is 6.57. The fourth-order valence-electron chi connectivity index (χ4n) is 2.18. The lowest BCUT2D eigenvalue weighted by Crippen LogP contribution is -2.18. The van der Waals surface area contributed by atoms with Crippen molar-refractivity contribution in [3.05, 3.63) is 64.9 Å². The molecule has 0 aliphatic carbocycles. The summed E-state index contributed by atoms with van der Waals surface area (Å²) in [5.41, 5.74) is -0.0558. The van der Waals surface area contributed by atoms with Crippen molar-refractivity contribution in [1.29, 1.82) is 0 Å². The third kappa shape index (κ3) is 2.43. The SMILES string of the molecule is O=C(Nc1cc(=O)[nH]c2nc(-c3ccco3)nn12)c1cccnc1. The number of nitrogens with zero attached hydrogens (tertiary/aromatic N) is 4. The molecule has 0 saturated heterocycles. The lowest BCUT2D eigenvalue weighted by atomic mass is 10.3. The molecular formula is C15H10N6O3. The van der Waals surface area contributed by atoms with Gasteiger partial charge in [0.1, 0.15) is 5.82 Å². The molecule has 0 aliphatic heterocycles. The van der Waals surface area contributed by atoms with E-state index in [9.17, 15) is 9.59 Å². The van der Waals surface area contributed by atoms with Crippen molar-refractivity contribution in [2.24, 2.45) is 0 Å². The molecule has 0 bridgehead atoms. The average molecular weight is 322 g/mol. The zero-order chi connectivity index (χ0) is 16.5. The molecule has 4 rings (SSSR count). The van der Waals surface area contributed by atoms with Crippen LogP contribution >= 0.6 is 0 Å². The molecule has 9 nitrogen and oxygen atoms in total. The third-order valence-corrected chi connectivity index (χ3v) is 3.25. The summed E-state index contributed by atoms with van der Waals surface area (Å²) in [5, 5.41) is 6.89. The Hall–Kier alpha value is -3.75. The number of hydrogen-bond donors (Lipinski definition) is 2. The van der Waals surface area contributed by atoms with Gasteiger partial charge in [-0.05, 0) is 24.3 Å². The summed E-state index contributed by atoms with van der Waals surface area (Å²) in [6.45, 7) is 0. The van der Waals surface area contributed by atoms with Crippen molar-refractivity contribution in [3.8, 4) is 11.6 Å². The molecule has 0 saturated carbocycles. The number of furan rings is 1. The Morgan fingerprint density at radius 3 is 2.96 bits per heavy atom. The van der Waals surface area contributed by atoms with E-state index in [4.69, 9.17) is 4.42 Å². The van der Waals surface area contributed by atoms with Gasteiger partial charge in [-0.2, -0.15) is 9.50 Å². The number of carbonyl (C=O) groups is 1. The van der Waals surface area contributed by atoms with Crippen molar-refractivity contribution >= 4 is 17.5 Å². The van der Waals surface area contributed by atoms with Crippen molar-refractivity contribution in [2.45, 2.75) is 0 Å². The minimum Gasteiger partial charge on any atom is -0.461 e. The van der Waals surface area contributed by atoms with E-state index in [0.717, 1.165) is 0 Å². The largest absolute Gasteiger partial charge is 0.461 e. The van der Waals surface area contributed by atoms with Crippen LogP contribution in [0.5, 0.6) is 0 Å². The van der Waals surface area contributed by atoms with Crippen LogP contribution in [0.3, 0.4) is 0 Å². The number of amides is 1. The van der Waals surface area contributed by atoms with Crippen LogP contribution in [-0.2, 0) is 0 Å². The van der Waals surface area contributed by atoms with Gasteiger partial charge in [-0.3, -0.25) is 19.6 Å². The first-order valence-corrected chi connectivity index (χ1v) is 6.96. The lowest BCUT2D eigenvalue weighted by Gasteiger charge is -2.05. The topological polar surface area (TPSA) is 118 Å². The van der Waals surface area contributed by atoms with E-state index in [-0.39, 0.29) is 11.6 Å². The van der Waals surface area contributed by atoms with Gasteiger partial charge in [0.15, 0.2) is 5.76 Å². The zero-order valence-corrected chi connectivity index (χ0v) is 12.1. The standard InChI is InChI=1S/C15H10N6O3/c22-12-7-11(17-14(23)9-3-1-5-16-8-9)21-15(18-12)19-13(20-21)10-4-2-6-24-10/h1-8H,(H,17,23)(H,18,19,20,22). The minimum atomic E-state index is -0.414. The van der Waals surface area contributed by atoms with Crippen LogP contribution in [0, 0.1) is 0 Å². The molecule has 9 heteroatoms. The Balaban J connectivity index is 1.77. The van der Waals surface area contributed by atoms with E-state index in [2.05, 4.69) is 25.4 Å². The van der Waals surface area contributed by atoms with Gasteiger partial charge in [-0.1, -0.05) is 0 Å². The van der Waals surface area contributed by atoms with Crippen LogP contribution in [0.2, 0.25) is 0 Å². The van der Waals surface area contributed by atoms with Crippen molar-refractivity contribution in [2.75, 3.05) is 5.32 Å². The van der Waals surface area contributed by atoms with Crippen LogP contribution in [0.15, 0.2) is 58.2 Å². The van der Waals surface area contributed by atoms with Gasteiger partial charge in [-0.15, -0.1) is 5.10 Å². The molecule has 0 fully saturated rings. The summed E-state index contributed by atoms with van der Waals surface area (Å²) in [6, 6.07) is 7.88. The van der Waals surface area contributed by atoms with Gasteiger partial charge < -0.3 is 9.73 Å². The Bertz CT molecular complexity index is 1070. The number of hydrogen-bond acceptors (Lipinski definition) is 6. The van der Waals surface area contributed by atoms with Gasteiger partial charge >= 0.3 is 0 Å². The summed E-state index contributed by atoms with van der Waals surface area (Å²) in [5.74, 6) is 0.705. The monoisotopic (exact) mass is 322 g/mol. The Labute approximate surface area is 134 Å². The molecule has 0 atom stereocenters. The van der Waals surface area contributed by atoms with Crippen LogP contribution in [0.25, 0.3) is 17.4 Å². The third-order valence-electron chi connectivity index (χ3n) is 3.25. The number of H-pyrrole nitrogens is 1. The number of aromatic nitrogens is 5. The molecule has 2 N–H and O–H groups in total. The van der Waals surface area contributed by atoms with Gasteiger partial charge in [-0.25, -0.2) is 0 Å². The van der Waals surface area contributed by atoms with Crippen LogP contribution < -0.4 is 10.9 Å². The maximum atomic E-state index is 12.3. The molecule has 0 aromatic carbocycles. The highest BCUT2D eigenvalue weighted by Gasteiger charge is 2.15. The van der Waals surface area contributed by atoms with Crippen molar-refractivity contribution < 1.29 is 9.21 Å². The average Bonchev–Trinajstić information content (AvgIpc) is 3.24. The summed E-state index contributed by atoms with van der Waals surface area (Å²) in [4.78, 5) is 34.7. The first kappa shape index (κ1) is 13.9. The van der Waals surface area contributed by atoms with Gasteiger partial charge in [0, 0.05) is 18.5 Å². The van der Waals surface area contributed by atoms with Gasteiger partial charge in [0.05, 0.1) is 11.8 Å². The van der Waals surface area contributed by atoms with E-state index in [0.29, 0.717) is 17.1 Å². The number of nitrogens with one attached hydrogen (secondary N) is 2. The van der Waals surface area contributed by atoms with Crippen molar-refractivity contribution in [3.63, 3.8) is 0 Å². The molecule has 4 heterocycles. The highest BCUT2D eigenvalue weighted by atomic mass is 16.3. The van der Waals surface area contributed by atoms with E-state index in [1.807, 2.05) is 0 Å². The number of pyridine rings is 1. The second-order valence-corrected chi connectivity index (χ2v) is 4.86. The highest BCUT2D eigenvalue weighted by Crippen LogP contribution is 2.17. The second-order valence-electron chi connectivity index (χ2n) is 4.86. The molecule has 24 heavy (non-hydrogen) atoms. The Morgan fingerprint density at radius 2 is 2.21 bits per heavy atom. The van der Waals surface area contributed by atoms with Gasteiger partial charge in [0.25, 0.3) is 11.5 Å². The molecule has 4 aromatic rings. The Morgan fingerprint density at radius 1 is 1.29 bits per heavy atom. The van der Waals surface area contributed by atoms with E-state index >= 15 is 0 Å². The molecule has 118 valence electrons. The smallest absolute Gasteiger partial charge is 0.258 e. The molecule has 1 amide bonds. The molecule has 0 aliphatic rings. The first-order valence-electron chi connectivity index (χ1n) is 6.96. The van der Waals surface area contributed by atoms with Crippen LogP contribution in [-0.4, -0.2) is 30.5 Å². The lowest BCUT2D eigenvalue weighted by molar-refractivity contribution is 0.102. The quantitative estimate of drug-likeness (QED) is 0.587. The Kier molecular flexibility index (Phi) is 3.16. The zero-order valence-electron chi connectivity index (χ0n) is 12.1. The molecule has 4 aromatic heterocycles. The predicted octanol–water partition coefficient (Wildman–Crippen LogP) is 1.32.